The van der Waals surface area contributed by atoms with Crippen LogP contribution >= 0.6 is 0 Å². The maximum Gasteiger partial charge on any atom is 0.254 e. The van der Waals surface area contributed by atoms with Crippen LogP contribution in [0.25, 0.3) is 11.1 Å². The second-order valence-corrected chi connectivity index (χ2v) is 5.64. The van der Waals surface area contributed by atoms with Gasteiger partial charge in [-0.1, -0.05) is 60.7 Å². The molecular formula is C20H21NO2. The molecule has 0 spiro atoms. The summed E-state index contributed by atoms with van der Waals surface area (Å²) in [6.07, 6.45) is 0. The zero-order chi connectivity index (χ0) is 16.1. The smallest absolute Gasteiger partial charge is 0.254 e. The molecule has 3 rings (SSSR count). The van der Waals surface area contributed by atoms with Gasteiger partial charge in [0.15, 0.2) is 0 Å². The van der Waals surface area contributed by atoms with E-state index in [1.165, 1.54) is 0 Å². The van der Waals surface area contributed by atoms with Gasteiger partial charge in [-0.15, -0.1) is 0 Å². The fourth-order valence-corrected chi connectivity index (χ4v) is 2.86. The summed E-state index contributed by atoms with van der Waals surface area (Å²) in [5.74, 6) is 0.0841. The molecule has 1 heterocycles. The molecule has 2 aromatic carbocycles. The SMILES string of the molecule is CC(=C(C(=O)N1CCOCC1)c1ccccc1)c1ccccc1. The number of amides is 1. The highest BCUT2D eigenvalue weighted by Crippen LogP contribution is 2.28. The van der Waals surface area contributed by atoms with Gasteiger partial charge in [-0.2, -0.15) is 0 Å². The molecule has 1 amide bonds. The molecule has 0 aliphatic carbocycles. The summed E-state index contributed by atoms with van der Waals surface area (Å²) in [6, 6.07) is 20.0. The third-order valence-corrected chi connectivity index (χ3v) is 4.16. The van der Waals surface area contributed by atoms with E-state index in [0.29, 0.717) is 26.3 Å². The Morgan fingerprint density at radius 2 is 1.39 bits per heavy atom. The van der Waals surface area contributed by atoms with Crippen molar-refractivity contribution in [2.24, 2.45) is 0 Å². The van der Waals surface area contributed by atoms with Crippen molar-refractivity contribution in [2.75, 3.05) is 26.3 Å². The van der Waals surface area contributed by atoms with Crippen molar-refractivity contribution in [3.63, 3.8) is 0 Å². The first-order valence-corrected chi connectivity index (χ1v) is 7.96. The quantitative estimate of drug-likeness (QED) is 0.642. The van der Waals surface area contributed by atoms with Crippen molar-refractivity contribution in [3.8, 4) is 0 Å². The van der Waals surface area contributed by atoms with Crippen LogP contribution in [0.3, 0.4) is 0 Å². The summed E-state index contributed by atoms with van der Waals surface area (Å²) in [5.41, 5.74) is 3.82. The predicted molar refractivity (Wildman–Crippen MR) is 92.8 cm³/mol. The molecule has 1 fully saturated rings. The van der Waals surface area contributed by atoms with Gasteiger partial charge in [0.1, 0.15) is 0 Å². The lowest BCUT2D eigenvalue weighted by molar-refractivity contribution is -0.128. The molecule has 2 aromatic rings. The number of rotatable bonds is 3. The van der Waals surface area contributed by atoms with Crippen LogP contribution in [0.1, 0.15) is 18.1 Å². The molecule has 0 radical (unpaired) electrons. The zero-order valence-corrected chi connectivity index (χ0v) is 13.4. The number of hydrogen-bond donors (Lipinski definition) is 0. The van der Waals surface area contributed by atoms with Crippen molar-refractivity contribution in [1.82, 2.24) is 4.90 Å². The summed E-state index contributed by atoms with van der Waals surface area (Å²) in [6.45, 7) is 4.54. The summed E-state index contributed by atoms with van der Waals surface area (Å²) in [4.78, 5) is 15.0. The Morgan fingerprint density at radius 3 is 1.96 bits per heavy atom. The van der Waals surface area contributed by atoms with E-state index in [4.69, 9.17) is 4.74 Å². The number of carbonyl (C=O) groups excluding carboxylic acids is 1. The number of ether oxygens (including phenoxy) is 1. The Balaban J connectivity index is 2.05. The van der Waals surface area contributed by atoms with Crippen molar-refractivity contribution >= 4 is 17.1 Å². The minimum absolute atomic E-state index is 0.0841. The van der Waals surface area contributed by atoms with Gasteiger partial charge in [-0.05, 0) is 23.6 Å². The topological polar surface area (TPSA) is 29.5 Å². The first kappa shape index (κ1) is 15.5. The summed E-state index contributed by atoms with van der Waals surface area (Å²) >= 11 is 0. The highest BCUT2D eigenvalue weighted by atomic mass is 16.5. The van der Waals surface area contributed by atoms with E-state index in [2.05, 4.69) is 0 Å². The molecule has 0 unspecified atom stereocenters. The molecule has 0 N–H and O–H groups in total. The molecule has 1 saturated heterocycles. The molecule has 0 aromatic heterocycles. The molecule has 0 saturated carbocycles. The van der Waals surface area contributed by atoms with E-state index in [-0.39, 0.29) is 5.91 Å². The Bertz CT molecular complexity index is 686. The molecule has 23 heavy (non-hydrogen) atoms. The Hall–Kier alpha value is -2.39. The number of hydrogen-bond acceptors (Lipinski definition) is 2. The summed E-state index contributed by atoms with van der Waals surface area (Å²) in [7, 11) is 0. The van der Waals surface area contributed by atoms with Crippen LogP contribution in [0.15, 0.2) is 60.7 Å². The maximum atomic E-state index is 13.1. The van der Waals surface area contributed by atoms with Crippen LogP contribution in [0.4, 0.5) is 0 Å². The normalized spacial score (nSPS) is 16.0. The summed E-state index contributed by atoms with van der Waals surface area (Å²) < 4.78 is 5.37. The predicted octanol–water partition coefficient (Wildman–Crippen LogP) is 3.48. The fourth-order valence-electron chi connectivity index (χ4n) is 2.86. The van der Waals surface area contributed by atoms with Crippen molar-refractivity contribution in [1.29, 1.82) is 0 Å². The second-order valence-electron chi connectivity index (χ2n) is 5.64. The van der Waals surface area contributed by atoms with E-state index in [1.807, 2.05) is 72.5 Å². The number of morpholine rings is 1. The number of allylic oxidation sites excluding steroid dienone is 1. The second kappa shape index (κ2) is 7.25. The lowest BCUT2D eigenvalue weighted by Crippen LogP contribution is -2.41. The number of nitrogens with zero attached hydrogens (tertiary/aromatic N) is 1. The Morgan fingerprint density at radius 1 is 0.870 bits per heavy atom. The number of benzene rings is 2. The lowest BCUT2D eigenvalue weighted by atomic mass is 9.94. The zero-order valence-electron chi connectivity index (χ0n) is 13.4. The van der Waals surface area contributed by atoms with Gasteiger partial charge in [-0.3, -0.25) is 4.79 Å². The number of carbonyl (C=O) groups is 1. The van der Waals surface area contributed by atoms with Crippen LogP contribution < -0.4 is 0 Å². The van der Waals surface area contributed by atoms with E-state index >= 15 is 0 Å². The first-order chi connectivity index (χ1) is 11.3. The molecule has 118 valence electrons. The lowest BCUT2D eigenvalue weighted by Gasteiger charge is -2.28. The Labute approximate surface area is 137 Å². The average molecular weight is 307 g/mol. The minimum Gasteiger partial charge on any atom is -0.378 e. The average Bonchev–Trinajstić information content (AvgIpc) is 2.64. The molecule has 0 bridgehead atoms. The van der Waals surface area contributed by atoms with Crippen LogP contribution in [0.5, 0.6) is 0 Å². The standard InChI is InChI=1S/C20H21NO2/c1-16(17-8-4-2-5-9-17)19(18-10-6-3-7-11-18)20(22)21-12-14-23-15-13-21/h2-11H,12-15H2,1H3. The van der Waals surface area contributed by atoms with Gasteiger partial charge in [-0.25, -0.2) is 0 Å². The molecule has 1 aliphatic heterocycles. The van der Waals surface area contributed by atoms with E-state index in [0.717, 1.165) is 22.3 Å². The maximum absolute atomic E-state index is 13.1. The van der Waals surface area contributed by atoms with Gasteiger partial charge < -0.3 is 9.64 Å². The van der Waals surface area contributed by atoms with E-state index in [1.54, 1.807) is 0 Å². The van der Waals surface area contributed by atoms with Crippen molar-refractivity contribution in [2.45, 2.75) is 6.92 Å². The monoisotopic (exact) mass is 307 g/mol. The van der Waals surface area contributed by atoms with E-state index in [9.17, 15) is 4.79 Å². The van der Waals surface area contributed by atoms with E-state index < -0.39 is 0 Å². The van der Waals surface area contributed by atoms with Gasteiger partial charge >= 0.3 is 0 Å². The Kier molecular flexibility index (Phi) is 4.89. The third-order valence-electron chi connectivity index (χ3n) is 4.16. The minimum atomic E-state index is 0.0841. The van der Waals surface area contributed by atoms with Crippen LogP contribution in [-0.2, 0) is 9.53 Å². The molecule has 0 atom stereocenters. The van der Waals surface area contributed by atoms with Gasteiger partial charge in [0, 0.05) is 13.1 Å². The van der Waals surface area contributed by atoms with Gasteiger partial charge in [0.05, 0.1) is 18.8 Å². The molecule has 1 aliphatic rings. The van der Waals surface area contributed by atoms with Gasteiger partial charge in [0.2, 0.25) is 0 Å². The largest absolute Gasteiger partial charge is 0.378 e. The van der Waals surface area contributed by atoms with Crippen LogP contribution in [-0.4, -0.2) is 37.1 Å². The third kappa shape index (κ3) is 3.51. The summed E-state index contributed by atoms with van der Waals surface area (Å²) in [5, 5.41) is 0. The van der Waals surface area contributed by atoms with Gasteiger partial charge in [0.25, 0.3) is 5.91 Å². The fraction of sp³-hybridized carbons (Fsp3) is 0.250. The van der Waals surface area contributed by atoms with Crippen LogP contribution in [0, 0.1) is 0 Å². The highest BCUT2D eigenvalue weighted by Gasteiger charge is 2.23. The highest BCUT2D eigenvalue weighted by molar-refractivity contribution is 6.26. The molecular weight excluding hydrogens is 286 g/mol. The first-order valence-electron chi connectivity index (χ1n) is 7.96. The van der Waals surface area contributed by atoms with Crippen molar-refractivity contribution < 1.29 is 9.53 Å². The molecule has 3 nitrogen and oxygen atoms in total. The van der Waals surface area contributed by atoms with Crippen LogP contribution in [0.2, 0.25) is 0 Å². The van der Waals surface area contributed by atoms with Crippen molar-refractivity contribution in [3.05, 3.63) is 71.8 Å². The molecule has 3 heteroatoms.